The van der Waals surface area contributed by atoms with Crippen molar-refractivity contribution in [2.24, 2.45) is 0 Å². The van der Waals surface area contributed by atoms with Crippen molar-refractivity contribution in [3.8, 4) is 5.69 Å². The van der Waals surface area contributed by atoms with Gasteiger partial charge in [0.25, 0.3) is 0 Å². The van der Waals surface area contributed by atoms with Gasteiger partial charge in [-0.15, -0.1) is 0 Å². The second-order valence-corrected chi connectivity index (χ2v) is 4.08. The second kappa shape index (κ2) is 5.47. The summed E-state index contributed by atoms with van der Waals surface area (Å²) in [5.41, 5.74) is 4.42. The number of nitrogen functional groups attached to an aromatic ring is 1. The normalized spacial score (nSPS) is 11.4. The predicted molar refractivity (Wildman–Crippen MR) is 68.9 cm³/mol. The van der Waals surface area contributed by atoms with Crippen LogP contribution in [0.15, 0.2) is 30.6 Å². The molecule has 1 heterocycles. The molecule has 0 aliphatic carbocycles. The standard InChI is InChI=1S/C13H12F3N3O2/c1-2-21-12(20)10-11(17)19(7-18-10)9-6-4-3-5-8(9)13(14,15)16/h3-7H,2,17H2,1H3. The number of rotatable bonds is 3. The number of benzene rings is 1. The van der Waals surface area contributed by atoms with Crippen molar-refractivity contribution >= 4 is 11.8 Å². The first kappa shape index (κ1) is 14.9. The fourth-order valence-electron chi connectivity index (χ4n) is 1.83. The van der Waals surface area contributed by atoms with Crippen LogP contribution in [0.4, 0.5) is 19.0 Å². The zero-order chi connectivity index (χ0) is 15.6. The van der Waals surface area contributed by atoms with Crippen LogP contribution in [0.2, 0.25) is 0 Å². The lowest BCUT2D eigenvalue weighted by Gasteiger charge is -2.14. The molecule has 1 aromatic carbocycles. The Balaban J connectivity index is 2.52. The number of halogens is 3. The van der Waals surface area contributed by atoms with Gasteiger partial charge in [-0.25, -0.2) is 9.78 Å². The summed E-state index contributed by atoms with van der Waals surface area (Å²) in [6, 6.07) is 4.88. The molecule has 5 nitrogen and oxygen atoms in total. The third-order valence-electron chi connectivity index (χ3n) is 2.74. The summed E-state index contributed by atoms with van der Waals surface area (Å²) in [6.45, 7) is 1.72. The molecule has 0 bridgehead atoms. The minimum absolute atomic E-state index is 0.115. The van der Waals surface area contributed by atoms with Crippen LogP contribution in [-0.2, 0) is 10.9 Å². The molecule has 0 fully saturated rings. The number of carbonyl (C=O) groups excluding carboxylic acids is 1. The first-order chi connectivity index (χ1) is 9.86. The topological polar surface area (TPSA) is 70.1 Å². The van der Waals surface area contributed by atoms with E-state index >= 15 is 0 Å². The number of aromatic nitrogens is 2. The minimum atomic E-state index is -4.54. The summed E-state index contributed by atoms with van der Waals surface area (Å²) in [5, 5.41) is 0. The van der Waals surface area contributed by atoms with E-state index in [-0.39, 0.29) is 23.8 Å². The number of hydrogen-bond donors (Lipinski definition) is 1. The molecule has 0 atom stereocenters. The average Bonchev–Trinajstić information content (AvgIpc) is 2.80. The van der Waals surface area contributed by atoms with Gasteiger partial charge in [-0.3, -0.25) is 4.57 Å². The largest absolute Gasteiger partial charge is 0.461 e. The highest BCUT2D eigenvalue weighted by Gasteiger charge is 2.34. The molecule has 0 amide bonds. The van der Waals surface area contributed by atoms with E-state index in [1.165, 1.54) is 18.2 Å². The number of nitrogens with zero attached hydrogens (tertiary/aromatic N) is 2. The maximum atomic E-state index is 13.0. The monoisotopic (exact) mass is 299 g/mol. The number of imidazole rings is 1. The molecule has 2 aromatic rings. The Hall–Kier alpha value is -2.51. The number of para-hydroxylation sites is 1. The van der Waals surface area contributed by atoms with Gasteiger partial charge in [0.1, 0.15) is 12.1 Å². The summed E-state index contributed by atoms with van der Waals surface area (Å²) < 4.78 is 44.7. The Morgan fingerprint density at radius 1 is 1.38 bits per heavy atom. The Kier molecular flexibility index (Phi) is 3.88. The van der Waals surface area contributed by atoms with Gasteiger partial charge in [-0.1, -0.05) is 12.1 Å². The number of alkyl halides is 3. The van der Waals surface area contributed by atoms with Crippen molar-refractivity contribution in [3.05, 3.63) is 41.9 Å². The lowest BCUT2D eigenvalue weighted by Crippen LogP contribution is -2.13. The van der Waals surface area contributed by atoms with Crippen LogP contribution < -0.4 is 5.73 Å². The fourth-order valence-corrected chi connectivity index (χ4v) is 1.83. The maximum Gasteiger partial charge on any atom is 0.418 e. The Morgan fingerprint density at radius 2 is 2.05 bits per heavy atom. The van der Waals surface area contributed by atoms with Crippen molar-refractivity contribution in [3.63, 3.8) is 0 Å². The number of hydrogen-bond acceptors (Lipinski definition) is 4. The van der Waals surface area contributed by atoms with Crippen molar-refractivity contribution in [2.75, 3.05) is 12.3 Å². The highest BCUT2D eigenvalue weighted by Crippen LogP contribution is 2.34. The number of carbonyl (C=O) groups is 1. The van der Waals surface area contributed by atoms with E-state index in [0.717, 1.165) is 17.0 Å². The molecule has 0 aliphatic heterocycles. The lowest BCUT2D eigenvalue weighted by atomic mass is 10.1. The van der Waals surface area contributed by atoms with E-state index in [4.69, 9.17) is 10.5 Å². The van der Waals surface area contributed by atoms with Crippen LogP contribution in [0.25, 0.3) is 5.69 Å². The van der Waals surface area contributed by atoms with E-state index in [0.29, 0.717) is 0 Å². The first-order valence-electron chi connectivity index (χ1n) is 6.02. The van der Waals surface area contributed by atoms with Crippen LogP contribution in [0.1, 0.15) is 23.0 Å². The van der Waals surface area contributed by atoms with Crippen molar-refractivity contribution in [2.45, 2.75) is 13.1 Å². The molecule has 2 rings (SSSR count). The molecule has 0 spiro atoms. The zero-order valence-electron chi connectivity index (χ0n) is 11.0. The molecule has 0 aliphatic rings. The molecule has 0 unspecified atom stereocenters. The quantitative estimate of drug-likeness (QED) is 0.885. The number of nitrogens with two attached hydrogens (primary N) is 1. The molecule has 0 saturated heterocycles. The van der Waals surface area contributed by atoms with Crippen LogP contribution in [0, 0.1) is 0 Å². The smallest absolute Gasteiger partial charge is 0.418 e. The predicted octanol–water partition coefficient (Wildman–Crippen LogP) is 2.65. The van der Waals surface area contributed by atoms with E-state index in [9.17, 15) is 18.0 Å². The summed E-state index contributed by atoms with van der Waals surface area (Å²) in [5.74, 6) is -0.983. The van der Waals surface area contributed by atoms with E-state index in [2.05, 4.69) is 4.98 Å². The third-order valence-corrected chi connectivity index (χ3v) is 2.74. The fraction of sp³-hybridized carbons (Fsp3) is 0.231. The second-order valence-electron chi connectivity index (χ2n) is 4.08. The van der Waals surface area contributed by atoms with Gasteiger partial charge in [-0.2, -0.15) is 13.2 Å². The molecule has 112 valence electrons. The van der Waals surface area contributed by atoms with Gasteiger partial charge < -0.3 is 10.5 Å². The lowest BCUT2D eigenvalue weighted by molar-refractivity contribution is -0.137. The third kappa shape index (κ3) is 2.83. The van der Waals surface area contributed by atoms with Gasteiger partial charge in [0.2, 0.25) is 0 Å². The maximum absolute atomic E-state index is 13.0. The van der Waals surface area contributed by atoms with Crippen LogP contribution in [0.5, 0.6) is 0 Å². The minimum Gasteiger partial charge on any atom is -0.461 e. The van der Waals surface area contributed by atoms with E-state index < -0.39 is 17.7 Å². The Morgan fingerprint density at radius 3 is 2.67 bits per heavy atom. The molecule has 2 N–H and O–H groups in total. The van der Waals surface area contributed by atoms with Crippen LogP contribution in [0.3, 0.4) is 0 Å². The van der Waals surface area contributed by atoms with Gasteiger partial charge in [-0.05, 0) is 19.1 Å². The molecule has 0 saturated carbocycles. The molecule has 1 aromatic heterocycles. The summed E-state index contributed by atoms with van der Waals surface area (Å²) in [4.78, 5) is 15.3. The first-order valence-corrected chi connectivity index (χ1v) is 6.02. The highest BCUT2D eigenvalue weighted by atomic mass is 19.4. The van der Waals surface area contributed by atoms with Gasteiger partial charge in [0, 0.05) is 0 Å². The average molecular weight is 299 g/mol. The summed E-state index contributed by atoms with van der Waals surface area (Å²) in [7, 11) is 0. The number of esters is 1. The molecule has 0 radical (unpaired) electrons. The van der Waals surface area contributed by atoms with Crippen LogP contribution >= 0.6 is 0 Å². The number of ether oxygens (including phenoxy) is 1. The Bertz CT molecular complexity index is 665. The Labute approximate surface area is 118 Å². The van der Waals surface area contributed by atoms with Gasteiger partial charge in [0.15, 0.2) is 5.69 Å². The highest BCUT2D eigenvalue weighted by molar-refractivity contribution is 5.92. The summed E-state index contributed by atoms with van der Waals surface area (Å²) in [6.07, 6.45) is -3.48. The van der Waals surface area contributed by atoms with Gasteiger partial charge >= 0.3 is 12.1 Å². The molecule has 21 heavy (non-hydrogen) atoms. The summed E-state index contributed by atoms with van der Waals surface area (Å²) >= 11 is 0. The van der Waals surface area contributed by atoms with Crippen molar-refractivity contribution in [1.82, 2.24) is 9.55 Å². The number of anilines is 1. The SMILES string of the molecule is CCOC(=O)c1ncn(-c2ccccc2C(F)(F)F)c1N. The van der Waals surface area contributed by atoms with E-state index in [1.54, 1.807) is 6.92 Å². The molecular weight excluding hydrogens is 287 g/mol. The van der Waals surface area contributed by atoms with E-state index in [1.807, 2.05) is 0 Å². The zero-order valence-corrected chi connectivity index (χ0v) is 11.0. The molecule has 8 heteroatoms. The van der Waals surface area contributed by atoms with Crippen molar-refractivity contribution < 1.29 is 22.7 Å². The van der Waals surface area contributed by atoms with Crippen LogP contribution in [-0.4, -0.2) is 22.1 Å². The van der Waals surface area contributed by atoms with Crippen molar-refractivity contribution in [1.29, 1.82) is 0 Å². The van der Waals surface area contributed by atoms with Gasteiger partial charge in [0.05, 0.1) is 17.9 Å². The molecular formula is C13H12F3N3O2.